The molecule has 1 atom stereocenters. The summed E-state index contributed by atoms with van der Waals surface area (Å²) < 4.78 is 0. The minimum atomic E-state index is -1.04. The number of allylic oxidation sites excluding steroid dienone is 1. The Labute approximate surface area is 159 Å². The number of carbonyl (C=O) groups excluding carboxylic acids is 2. The Bertz CT molecular complexity index is 698. The number of hydrogen-bond acceptors (Lipinski definition) is 4. The summed E-state index contributed by atoms with van der Waals surface area (Å²) in [5, 5.41) is 17.6. The number of carboxylic acids is 1. The van der Waals surface area contributed by atoms with E-state index in [2.05, 4.69) is 22.0 Å². The molecule has 1 unspecified atom stereocenters. The second-order valence-electron chi connectivity index (χ2n) is 6.71. The van der Waals surface area contributed by atoms with Crippen molar-refractivity contribution in [3.05, 3.63) is 35.9 Å². The van der Waals surface area contributed by atoms with Crippen LogP contribution in [0.25, 0.3) is 0 Å². The van der Waals surface area contributed by atoms with E-state index in [-0.39, 0.29) is 18.2 Å². The van der Waals surface area contributed by atoms with Gasteiger partial charge in [0.25, 0.3) is 0 Å². The van der Waals surface area contributed by atoms with Crippen molar-refractivity contribution >= 4 is 29.2 Å². The Morgan fingerprint density at radius 2 is 1.74 bits per heavy atom. The molecule has 1 aliphatic carbocycles. The summed E-state index contributed by atoms with van der Waals surface area (Å²) in [6.07, 6.45) is 7.49. The van der Waals surface area contributed by atoms with Crippen LogP contribution in [0.15, 0.2) is 35.9 Å². The first-order valence-electron chi connectivity index (χ1n) is 9.25. The molecule has 1 aromatic rings. The standard InChI is InChI=1S/C20H27N3O4/c1-14(24)22-16-7-9-17(10-8-16)23-19(25)13-18(20(26)27)21-12-11-15-5-3-2-4-6-15/h5,7-10,18,21H,2-4,6,11-13H2,1H3,(H,22,24)(H,23,25)(H,26,27). The minimum Gasteiger partial charge on any atom is -0.480 e. The van der Waals surface area contributed by atoms with E-state index in [1.165, 1.54) is 25.3 Å². The Balaban J connectivity index is 1.80. The van der Waals surface area contributed by atoms with Gasteiger partial charge in [-0.05, 0) is 62.9 Å². The van der Waals surface area contributed by atoms with Crippen LogP contribution in [-0.2, 0) is 14.4 Å². The van der Waals surface area contributed by atoms with Gasteiger partial charge in [0, 0.05) is 18.3 Å². The van der Waals surface area contributed by atoms with Gasteiger partial charge in [0.15, 0.2) is 0 Å². The highest BCUT2D eigenvalue weighted by molar-refractivity contribution is 5.94. The maximum absolute atomic E-state index is 12.2. The van der Waals surface area contributed by atoms with Gasteiger partial charge in [-0.3, -0.25) is 14.4 Å². The normalized spacial score (nSPS) is 14.8. The molecule has 146 valence electrons. The third-order valence-corrected chi connectivity index (χ3v) is 4.40. The quantitative estimate of drug-likeness (QED) is 0.498. The van der Waals surface area contributed by atoms with Crippen LogP contribution in [0.1, 0.15) is 45.4 Å². The van der Waals surface area contributed by atoms with Crippen molar-refractivity contribution in [2.24, 2.45) is 0 Å². The average molecular weight is 373 g/mol. The molecule has 7 heteroatoms. The van der Waals surface area contributed by atoms with Gasteiger partial charge in [-0.1, -0.05) is 11.6 Å². The summed E-state index contributed by atoms with van der Waals surface area (Å²) in [6.45, 7) is 1.96. The molecule has 0 aliphatic heterocycles. The van der Waals surface area contributed by atoms with Crippen LogP contribution in [0.2, 0.25) is 0 Å². The summed E-state index contributed by atoms with van der Waals surface area (Å²) in [7, 11) is 0. The molecule has 4 N–H and O–H groups in total. The molecule has 2 rings (SSSR count). The molecule has 0 spiro atoms. The van der Waals surface area contributed by atoms with Gasteiger partial charge in [0.1, 0.15) is 6.04 Å². The van der Waals surface area contributed by atoms with Crippen LogP contribution in [0, 0.1) is 0 Å². The maximum atomic E-state index is 12.2. The van der Waals surface area contributed by atoms with E-state index in [0.717, 1.165) is 19.3 Å². The maximum Gasteiger partial charge on any atom is 0.321 e. The van der Waals surface area contributed by atoms with Gasteiger partial charge < -0.3 is 21.1 Å². The molecule has 0 fully saturated rings. The zero-order valence-electron chi connectivity index (χ0n) is 15.6. The fraction of sp³-hybridized carbons (Fsp3) is 0.450. The molecule has 0 saturated heterocycles. The first-order chi connectivity index (χ1) is 12.9. The van der Waals surface area contributed by atoms with Crippen molar-refractivity contribution < 1.29 is 19.5 Å². The summed E-state index contributed by atoms with van der Waals surface area (Å²) in [5.74, 6) is -1.59. The Morgan fingerprint density at radius 1 is 1.07 bits per heavy atom. The van der Waals surface area contributed by atoms with Crippen LogP contribution in [0.5, 0.6) is 0 Å². The third kappa shape index (κ3) is 7.62. The van der Waals surface area contributed by atoms with Crippen LogP contribution in [0.3, 0.4) is 0 Å². The van der Waals surface area contributed by atoms with Crippen molar-refractivity contribution in [3.8, 4) is 0 Å². The van der Waals surface area contributed by atoms with Gasteiger partial charge in [0.2, 0.25) is 11.8 Å². The summed E-state index contributed by atoms with van der Waals surface area (Å²) >= 11 is 0. The number of anilines is 2. The highest BCUT2D eigenvalue weighted by atomic mass is 16.4. The fourth-order valence-electron chi connectivity index (χ4n) is 3.02. The predicted molar refractivity (Wildman–Crippen MR) is 105 cm³/mol. The molecule has 1 aliphatic rings. The monoisotopic (exact) mass is 373 g/mol. The lowest BCUT2D eigenvalue weighted by Gasteiger charge is -2.17. The first-order valence-corrected chi connectivity index (χ1v) is 9.25. The Morgan fingerprint density at radius 3 is 2.30 bits per heavy atom. The van der Waals surface area contributed by atoms with E-state index in [1.54, 1.807) is 24.3 Å². The average Bonchev–Trinajstić information content (AvgIpc) is 2.63. The SMILES string of the molecule is CC(=O)Nc1ccc(NC(=O)CC(NCCC2=CCCCC2)C(=O)O)cc1. The highest BCUT2D eigenvalue weighted by Crippen LogP contribution is 2.19. The summed E-state index contributed by atoms with van der Waals surface area (Å²) in [5.41, 5.74) is 2.54. The van der Waals surface area contributed by atoms with E-state index in [4.69, 9.17) is 0 Å². The van der Waals surface area contributed by atoms with Gasteiger partial charge in [-0.15, -0.1) is 0 Å². The molecule has 0 heterocycles. The minimum absolute atomic E-state index is 0.151. The van der Waals surface area contributed by atoms with Crippen molar-refractivity contribution in [1.29, 1.82) is 0 Å². The van der Waals surface area contributed by atoms with E-state index >= 15 is 0 Å². The molecule has 2 amide bonds. The smallest absolute Gasteiger partial charge is 0.321 e. The Kier molecular flexibility index (Phi) is 8.00. The summed E-state index contributed by atoms with van der Waals surface area (Å²) in [4.78, 5) is 34.6. The van der Waals surface area contributed by atoms with Gasteiger partial charge >= 0.3 is 5.97 Å². The lowest BCUT2D eigenvalue weighted by molar-refractivity contribution is -0.141. The van der Waals surface area contributed by atoms with Crippen LogP contribution >= 0.6 is 0 Å². The van der Waals surface area contributed by atoms with Crippen molar-refractivity contribution in [3.63, 3.8) is 0 Å². The molecule has 7 nitrogen and oxygen atoms in total. The van der Waals surface area contributed by atoms with Crippen molar-refractivity contribution in [2.45, 2.75) is 51.5 Å². The van der Waals surface area contributed by atoms with Crippen molar-refractivity contribution in [2.75, 3.05) is 17.2 Å². The molecular weight excluding hydrogens is 346 g/mol. The van der Waals surface area contributed by atoms with Crippen LogP contribution < -0.4 is 16.0 Å². The number of hydrogen-bond donors (Lipinski definition) is 4. The number of rotatable bonds is 9. The van der Waals surface area contributed by atoms with Gasteiger partial charge in [-0.25, -0.2) is 0 Å². The predicted octanol–water partition coefficient (Wildman–Crippen LogP) is 2.91. The number of aliphatic carboxylic acids is 1. The van der Waals surface area contributed by atoms with E-state index in [1.807, 2.05) is 0 Å². The number of nitrogens with one attached hydrogen (secondary N) is 3. The molecule has 27 heavy (non-hydrogen) atoms. The fourth-order valence-corrected chi connectivity index (χ4v) is 3.02. The van der Waals surface area contributed by atoms with Crippen LogP contribution in [0.4, 0.5) is 11.4 Å². The zero-order valence-corrected chi connectivity index (χ0v) is 15.6. The van der Waals surface area contributed by atoms with E-state index in [9.17, 15) is 19.5 Å². The van der Waals surface area contributed by atoms with Crippen LogP contribution in [-0.4, -0.2) is 35.5 Å². The van der Waals surface area contributed by atoms with E-state index in [0.29, 0.717) is 17.9 Å². The van der Waals surface area contributed by atoms with Crippen molar-refractivity contribution in [1.82, 2.24) is 5.32 Å². The lowest BCUT2D eigenvalue weighted by atomic mass is 9.97. The third-order valence-electron chi connectivity index (χ3n) is 4.40. The molecular formula is C20H27N3O4. The van der Waals surface area contributed by atoms with E-state index < -0.39 is 12.0 Å². The second kappa shape index (κ2) is 10.5. The molecule has 0 bridgehead atoms. The number of carbonyl (C=O) groups is 3. The molecule has 1 aromatic carbocycles. The lowest BCUT2D eigenvalue weighted by Crippen LogP contribution is -2.40. The summed E-state index contributed by atoms with van der Waals surface area (Å²) in [6, 6.07) is 5.72. The topological polar surface area (TPSA) is 108 Å². The Hall–Kier alpha value is -2.67. The molecule has 0 aromatic heterocycles. The van der Waals surface area contributed by atoms with Gasteiger partial charge in [0.05, 0.1) is 6.42 Å². The number of carboxylic acid groups (broad SMARTS) is 1. The number of amides is 2. The largest absolute Gasteiger partial charge is 0.480 e. The van der Waals surface area contributed by atoms with Gasteiger partial charge in [-0.2, -0.15) is 0 Å². The molecule has 0 radical (unpaired) electrons. The molecule has 0 saturated carbocycles. The number of benzene rings is 1. The second-order valence-corrected chi connectivity index (χ2v) is 6.71. The zero-order chi connectivity index (χ0) is 19.6. The first kappa shape index (κ1) is 20.6. The highest BCUT2D eigenvalue weighted by Gasteiger charge is 2.20.